The van der Waals surface area contributed by atoms with Gasteiger partial charge in [-0.15, -0.1) is 0 Å². The molecule has 110 valence electrons. The van der Waals surface area contributed by atoms with E-state index < -0.39 is 0 Å². The molecule has 1 saturated carbocycles. The van der Waals surface area contributed by atoms with E-state index in [0.29, 0.717) is 12.6 Å². The Labute approximate surface area is 115 Å². The maximum Gasteiger partial charge on any atom is 0.317 e. The van der Waals surface area contributed by atoms with E-state index >= 15 is 0 Å². The highest BCUT2D eigenvalue weighted by molar-refractivity contribution is 5.74. The van der Waals surface area contributed by atoms with Crippen molar-refractivity contribution in [1.82, 2.24) is 15.1 Å². The molecule has 0 radical (unpaired) electrons. The predicted octanol–water partition coefficient (Wildman–Crippen LogP) is 1.03. The van der Waals surface area contributed by atoms with Gasteiger partial charge in [0.25, 0.3) is 0 Å². The Kier molecular flexibility index (Phi) is 5.05. The number of aliphatic hydroxyl groups is 1. The molecular weight excluding hydrogens is 242 g/mol. The van der Waals surface area contributed by atoms with Gasteiger partial charge in [0.1, 0.15) is 0 Å². The van der Waals surface area contributed by atoms with Crippen molar-refractivity contribution >= 4 is 6.03 Å². The minimum atomic E-state index is -0.0175. The van der Waals surface area contributed by atoms with Gasteiger partial charge in [0.2, 0.25) is 0 Å². The monoisotopic (exact) mass is 269 g/mol. The van der Waals surface area contributed by atoms with Crippen LogP contribution in [0.4, 0.5) is 4.79 Å². The average molecular weight is 269 g/mol. The number of rotatable bonds is 6. The lowest BCUT2D eigenvalue weighted by Gasteiger charge is -2.28. The predicted molar refractivity (Wildman–Crippen MR) is 75.1 cm³/mol. The number of likely N-dealkylation sites (tertiary alicyclic amines) is 1. The van der Waals surface area contributed by atoms with E-state index in [-0.39, 0.29) is 18.7 Å². The summed E-state index contributed by atoms with van der Waals surface area (Å²) >= 11 is 0. The van der Waals surface area contributed by atoms with Crippen molar-refractivity contribution in [3.8, 4) is 0 Å². The zero-order chi connectivity index (χ0) is 13.8. The molecule has 5 nitrogen and oxygen atoms in total. The molecule has 1 heterocycles. The lowest BCUT2D eigenvalue weighted by atomic mass is 10.2. The zero-order valence-corrected chi connectivity index (χ0v) is 12.1. The summed E-state index contributed by atoms with van der Waals surface area (Å²) < 4.78 is 0. The minimum Gasteiger partial charge on any atom is -0.394 e. The Morgan fingerprint density at radius 1 is 1.42 bits per heavy atom. The summed E-state index contributed by atoms with van der Waals surface area (Å²) in [6, 6.07) is 1.27. The average Bonchev–Trinajstić information content (AvgIpc) is 3.09. The van der Waals surface area contributed by atoms with E-state index in [1.165, 1.54) is 12.8 Å². The van der Waals surface area contributed by atoms with Crippen LogP contribution in [0.2, 0.25) is 0 Å². The molecule has 0 bridgehead atoms. The second-order valence-corrected chi connectivity index (χ2v) is 5.97. The summed E-state index contributed by atoms with van der Waals surface area (Å²) in [6.07, 6.45) is 4.51. The van der Waals surface area contributed by atoms with Crippen molar-refractivity contribution in [2.45, 2.75) is 57.7 Å². The zero-order valence-electron chi connectivity index (χ0n) is 12.1. The molecule has 19 heavy (non-hydrogen) atoms. The molecular formula is C14H27N3O2. The standard InChI is InChI=1S/C14H27N3O2/c1-11(2)16(12-5-6-12)9-7-15-14(19)17-8-3-4-13(17)10-18/h11-13,18H,3-10H2,1-2H3,(H,15,19). The van der Waals surface area contributed by atoms with Crippen LogP contribution in [-0.4, -0.2) is 65.3 Å². The summed E-state index contributed by atoms with van der Waals surface area (Å²) in [5.41, 5.74) is 0. The first-order chi connectivity index (χ1) is 9.13. The van der Waals surface area contributed by atoms with Gasteiger partial charge in [0.05, 0.1) is 12.6 Å². The summed E-state index contributed by atoms with van der Waals surface area (Å²) in [4.78, 5) is 16.3. The third-order valence-corrected chi connectivity index (χ3v) is 4.17. The highest BCUT2D eigenvalue weighted by Crippen LogP contribution is 2.28. The number of hydrogen-bond donors (Lipinski definition) is 2. The largest absolute Gasteiger partial charge is 0.394 e. The van der Waals surface area contributed by atoms with E-state index in [0.717, 1.165) is 32.0 Å². The van der Waals surface area contributed by atoms with Crippen LogP contribution in [-0.2, 0) is 0 Å². The third-order valence-electron chi connectivity index (χ3n) is 4.17. The molecule has 1 unspecified atom stereocenters. The number of nitrogens with zero attached hydrogens (tertiary/aromatic N) is 2. The Hall–Kier alpha value is -0.810. The van der Waals surface area contributed by atoms with Gasteiger partial charge in [-0.2, -0.15) is 0 Å². The molecule has 2 aliphatic rings. The van der Waals surface area contributed by atoms with Crippen LogP contribution < -0.4 is 5.32 Å². The summed E-state index contributed by atoms with van der Waals surface area (Å²) in [5, 5.41) is 12.2. The normalized spacial score (nSPS) is 23.4. The molecule has 1 atom stereocenters. The Balaban J connectivity index is 1.71. The molecule has 5 heteroatoms. The Morgan fingerprint density at radius 2 is 2.16 bits per heavy atom. The number of carbonyl (C=O) groups excluding carboxylic acids is 1. The van der Waals surface area contributed by atoms with Gasteiger partial charge in [-0.25, -0.2) is 4.79 Å². The smallest absolute Gasteiger partial charge is 0.317 e. The fourth-order valence-electron chi connectivity index (χ4n) is 2.95. The molecule has 2 rings (SSSR count). The van der Waals surface area contributed by atoms with E-state index in [4.69, 9.17) is 0 Å². The maximum absolute atomic E-state index is 12.0. The molecule has 0 aromatic rings. The number of aliphatic hydroxyl groups excluding tert-OH is 1. The van der Waals surface area contributed by atoms with Gasteiger partial charge in [-0.05, 0) is 39.5 Å². The molecule has 0 aromatic heterocycles. The van der Waals surface area contributed by atoms with Crippen LogP contribution in [0.1, 0.15) is 39.5 Å². The quantitative estimate of drug-likeness (QED) is 0.757. The van der Waals surface area contributed by atoms with E-state index in [1.54, 1.807) is 4.90 Å². The van der Waals surface area contributed by atoms with E-state index in [2.05, 4.69) is 24.1 Å². The van der Waals surface area contributed by atoms with Crippen LogP contribution in [0.3, 0.4) is 0 Å². The van der Waals surface area contributed by atoms with Gasteiger partial charge in [-0.1, -0.05) is 0 Å². The molecule has 1 aliphatic carbocycles. The lowest BCUT2D eigenvalue weighted by molar-refractivity contribution is 0.154. The van der Waals surface area contributed by atoms with Crippen LogP contribution >= 0.6 is 0 Å². The Morgan fingerprint density at radius 3 is 2.74 bits per heavy atom. The first-order valence-corrected chi connectivity index (χ1v) is 7.54. The highest BCUT2D eigenvalue weighted by atomic mass is 16.3. The van der Waals surface area contributed by atoms with Crippen molar-refractivity contribution in [2.24, 2.45) is 0 Å². The number of amides is 2. The molecule has 1 saturated heterocycles. The molecule has 0 spiro atoms. The van der Waals surface area contributed by atoms with Crippen LogP contribution in [0.5, 0.6) is 0 Å². The number of carbonyl (C=O) groups is 1. The van der Waals surface area contributed by atoms with Crippen molar-refractivity contribution in [1.29, 1.82) is 0 Å². The Bertz CT molecular complexity index is 303. The maximum atomic E-state index is 12.0. The molecule has 2 fully saturated rings. The third kappa shape index (κ3) is 3.83. The topological polar surface area (TPSA) is 55.8 Å². The lowest BCUT2D eigenvalue weighted by Crippen LogP contribution is -2.47. The second-order valence-electron chi connectivity index (χ2n) is 5.97. The number of urea groups is 1. The van der Waals surface area contributed by atoms with Crippen molar-refractivity contribution in [2.75, 3.05) is 26.2 Å². The minimum absolute atomic E-state index is 0.0175. The van der Waals surface area contributed by atoms with Gasteiger partial charge in [-0.3, -0.25) is 4.90 Å². The number of nitrogens with one attached hydrogen (secondary N) is 1. The fraction of sp³-hybridized carbons (Fsp3) is 0.929. The van der Waals surface area contributed by atoms with Gasteiger partial charge >= 0.3 is 6.03 Å². The van der Waals surface area contributed by atoms with Gasteiger partial charge < -0.3 is 15.3 Å². The van der Waals surface area contributed by atoms with E-state index in [9.17, 15) is 9.90 Å². The molecule has 2 N–H and O–H groups in total. The van der Waals surface area contributed by atoms with Crippen molar-refractivity contribution < 1.29 is 9.90 Å². The summed E-state index contributed by atoms with van der Waals surface area (Å²) in [7, 11) is 0. The molecule has 1 aliphatic heterocycles. The number of hydrogen-bond acceptors (Lipinski definition) is 3. The summed E-state index contributed by atoms with van der Waals surface area (Å²) in [5.74, 6) is 0. The fourth-order valence-corrected chi connectivity index (χ4v) is 2.95. The van der Waals surface area contributed by atoms with Gasteiger partial charge in [0, 0.05) is 31.7 Å². The van der Waals surface area contributed by atoms with Crippen LogP contribution in [0.25, 0.3) is 0 Å². The molecule has 2 amide bonds. The van der Waals surface area contributed by atoms with Crippen LogP contribution in [0, 0.1) is 0 Å². The van der Waals surface area contributed by atoms with Gasteiger partial charge in [0.15, 0.2) is 0 Å². The summed E-state index contributed by atoms with van der Waals surface area (Å²) in [6.45, 7) is 6.89. The first-order valence-electron chi connectivity index (χ1n) is 7.54. The van der Waals surface area contributed by atoms with Crippen LogP contribution in [0.15, 0.2) is 0 Å². The molecule has 0 aromatic carbocycles. The van der Waals surface area contributed by atoms with Crippen molar-refractivity contribution in [3.63, 3.8) is 0 Å². The SMILES string of the molecule is CC(C)N(CCNC(=O)N1CCCC1CO)C1CC1. The second kappa shape index (κ2) is 6.57. The van der Waals surface area contributed by atoms with Crippen molar-refractivity contribution in [3.05, 3.63) is 0 Å². The highest BCUT2D eigenvalue weighted by Gasteiger charge is 2.31. The van der Waals surface area contributed by atoms with E-state index in [1.807, 2.05) is 0 Å². The first kappa shape index (κ1) is 14.6.